The molecule has 12 rings (SSSR count). The number of hydrogen-bond donors (Lipinski definition) is 2. The lowest BCUT2D eigenvalue weighted by Gasteiger charge is -2.04. The second kappa shape index (κ2) is 21.7. The average molecular weight is 949 g/mol. The number of aliphatic hydroxyl groups is 2. The first-order chi connectivity index (χ1) is 35.1. The van der Waals surface area contributed by atoms with Crippen molar-refractivity contribution in [2.75, 3.05) is 0 Å². The van der Waals surface area contributed by atoms with Gasteiger partial charge in [-0.3, -0.25) is 9.59 Å². The predicted molar refractivity (Wildman–Crippen MR) is 286 cm³/mol. The zero-order valence-electron chi connectivity index (χ0n) is 40.3. The van der Waals surface area contributed by atoms with Crippen LogP contribution in [-0.2, 0) is 13.2 Å². The highest BCUT2D eigenvalue weighted by molar-refractivity contribution is 5.88. The first kappa shape index (κ1) is 47.9. The van der Waals surface area contributed by atoms with Gasteiger partial charge in [0, 0.05) is 45.1 Å². The Morgan fingerprint density at radius 2 is 0.750 bits per heavy atom. The molecule has 0 aliphatic heterocycles. The van der Waals surface area contributed by atoms with Crippen LogP contribution in [0.3, 0.4) is 0 Å². The maximum absolute atomic E-state index is 10.7. The fourth-order valence-electron chi connectivity index (χ4n) is 8.04. The molecule has 356 valence electrons. The predicted octanol–water partition coefficient (Wildman–Crippen LogP) is 11.9. The van der Waals surface area contributed by atoms with Crippen LogP contribution < -0.4 is 0 Å². The van der Waals surface area contributed by atoms with Crippen LogP contribution in [0, 0.1) is 27.7 Å². The fraction of sp³-hybridized carbons (Fsp3) is 0.100. The molecule has 4 heterocycles. The molecule has 0 unspecified atom stereocenters. The molecule has 0 bridgehead atoms. The number of fused-ring (bicyclic) bond motifs is 4. The largest absolute Gasteiger partial charge is 0.392 e. The number of carbonyl (C=O) groups excluding carboxylic acids is 2. The van der Waals surface area contributed by atoms with Crippen molar-refractivity contribution in [1.82, 2.24) is 39.1 Å². The van der Waals surface area contributed by atoms with E-state index in [1.54, 1.807) is 12.3 Å². The highest BCUT2D eigenvalue weighted by atomic mass is 16.3. The molecule has 72 heavy (non-hydrogen) atoms. The van der Waals surface area contributed by atoms with E-state index < -0.39 is 0 Å². The summed E-state index contributed by atoms with van der Waals surface area (Å²) in [6.07, 6.45) is 9.23. The lowest BCUT2D eigenvalue weighted by atomic mass is 10.1. The van der Waals surface area contributed by atoms with E-state index in [1.165, 1.54) is 22.3 Å². The fourth-order valence-corrected chi connectivity index (χ4v) is 8.04. The zero-order valence-corrected chi connectivity index (χ0v) is 40.3. The Kier molecular flexibility index (Phi) is 14.4. The van der Waals surface area contributed by atoms with Gasteiger partial charge in [-0.05, 0) is 148 Å². The Bertz CT molecular complexity index is 3770. The lowest BCUT2D eigenvalue weighted by molar-refractivity contribution is 0.111. The van der Waals surface area contributed by atoms with Crippen LogP contribution in [0.4, 0.5) is 0 Å². The molecule has 8 aromatic carbocycles. The van der Waals surface area contributed by atoms with Crippen LogP contribution in [0.25, 0.3) is 66.4 Å². The van der Waals surface area contributed by atoms with Crippen molar-refractivity contribution in [3.63, 3.8) is 0 Å². The van der Waals surface area contributed by atoms with Gasteiger partial charge in [-0.15, -0.1) is 0 Å². The molecule has 0 aliphatic rings. The number of aromatic nitrogens is 8. The van der Waals surface area contributed by atoms with Crippen LogP contribution in [0.5, 0.6) is 0 Å². The summed E-state index contributed by atoms with van der Waals surface area (Å²) in [5, 5.41) is 40.1. The van der Waals surface area contributed by atoms with Crippen LogP contribution >= 0.6 is 0 Å². The number of aryl methyl sites for hydroxylation is 4. The first-order valence-corrected chi connectivity index (χ1v) is 23.4. The third-order valence-corrected chi connectivity index (χ3v) is 12.1. The SMILES string of the molecule is Cc1ccc(-n2cc3cc(C=O)ccc3n2)cc1.Cc1ccc(-n2cc3cc(CO)ccc3n2)cc1.Cc1ccc(-n2ncc3cc(C=O)ccc32)cc1.Cc1ccc(-n2ncc3cc(CO)ccc32)cc1. The van der Waals surface area contributed by atoms with Gasteiger partial charge < -0.3 is 10.2 Å². The van der Waals surface area contributed by atoms with Crippen molar-refractivity contribution in [2.24, 2.45) is 0 Å². The number of aliphatic hydroxyl groups excluding tert-OH is 2. The van der Waals surface area contributed by atoms with Gasteiger partial charge in [-0.25, -0.2) is 18.7 Å². The molecule has 12 heteroatoms. The van der Waals surface area contributed by atoms with Crippen molar-refractivity contribution >= 4 is 56.2 Å². The van der Waals surface area contributed by atoms with Crippen molar-refractivity contribution in [1.29, 1.82) is 0 Å². The number of carbonyl (C=O) groups is 2. The first-order valence-electron chi connectivity index (χ1n) is 23.4. The molecule has 2 N–H and O–H groups in total. The van der Waals surface area contributed by atoms with E-state index in [2.05, 4.69) is 109 Å². The smallest absolute Gasteiger partial charge is 0.150 e. The molecule has 0 atom stereocenters. The van der Waals surface area contributed by atoms with Crippen molar-refractivity contribution in [3.8, 4) is 22.7 Å². The molecular formula is C60H52N8O4. The van der Waals surface area contributed by atoms with Gasteiger partial charge in [0.2, 0.25) is 0 Å². The van der Waals surface area contributed by atoms with Crippen molar-refractivity contribution in [3.05, 3.63) is 239 Å². The molecular weight excluding hydrogens is 897 g/mol. The molecule has 0 amide bonds. The van der Waals surface area contributed by atoms with Crippen LogP contribution in [0.15, 0.2) is 195 Å². The Balaban J connectivity index is 0.000000119. The summed E-state index contributed by atoms with van der Waals surface area (Å²) in [5.41, 5.74) is 16.1. The summed E-state index contributed by atoms with van der Waals surface area (Å²) in [5.74, 6) is 0. The molecule has 12 nitrogen and oxygen atoms in total. The van der Waals surface area contributed by atoms with E-state index in [0.717, 1.165) is 90.1 Å². The Morgan fingerprint density at radius 1 is 0.403 bits per heavy atom. The van der Waals surface area contributed by atoms with Crippen LogP contribution in [-0.4, -0.2) is 61.9 Å². The third-order valence-electron chi connectivity index (χ3n) is 12.1. The summed E-state index contributed by atoms with van der Waals surface area (Å²) in [7, 11) is 0. The Hall–Kier alpha value is -9.10. The third kappa shape index (κ3) is 11.0. The minimum atomic E-state index is 0.0612. The van der Waals surface area contributed by atoms with Crippen molar-refractivity contribution < 1.29 is 19.8 Å². The quantitative estimate of drug-likeness (QED) is 0.143. The molecule has 12 aromatic rings. The molecule has 0 aliphatic carbocycles. The monoisotopic (exact) mass is 948 g/mol. The summed E-state index contributed by atoms with van der Waals surface area (Å²) in [6, 6.07) is 55.6. The van der Waals surface area contributed by atoms with Gasteiger partial charge >= 0.3 is 0 Å². The van der Waals surface area contributed by atoms with Gasteiger partial charge in [-0.1, -0.05) is 82.9 Å². The van der Waals surface area contributed by atoms with E-state index >= 15 is 0 Å². The minimum Gasteiger partial charge on any atom is -0.392 e. The topological polar surface area (TPSA) is 146 Å². The van der Waals surface area contributed by atoms with E-state index in [4.69, 9.17) is 10.2 Å². The summed E-state index contributed by atoms with van der Waals surface area (Å²) in [6.45, 7) is 8.37. The maximum atomic E-state index is 10.7. The number of hydrogen-bond acceptors (Lipinski definition) is 8. The van der Waals surface area contributed by atoms with E-state index in [9.17, 15) is 9.59 Å². The second-order valence-corrected chi connectivity index (χ2v) is 17.6. The highest BCUT2D eigenvalue weighted by Crippen LogP contribution is 2.23. The van der Waals surface area contributed by atoms with Gasteiger partial charge in [0.25, 0.3) is 0 Å². The number of nitrogens with zero attached hydrogens (tertiary/aromatic N) is 8. The van der Waals surface area contributed by atoms with E-state index in [-0.39, 0.29) is 13.2 Å². The lowest BCUT2D eigenvalue weighted by Crippen LogP contribution is -1.95. The van der Waals surface area contributed by atoms with E-state index in [1.807, 2.05) is 140 Å². The van der Waals surface area contributed by atoms with Gasteiger partial charge in [-0.2, -0.15) is 20.4 Å². The average Bonchev–Trinajstić information content (AvgIpc) is 4.24. The summed E-state index contributed by atoms with van der Waals surface area (Å²) < 4.78 is 7.49. The summed E-state index contributed by atoms with van der Waals surface area (Å²) >= 11 is 0. The van der Waals surface area contributed by atoms with Gasteiger partial charge in [0.05, 0.1) is 70.4 Å². The summed E-state index contributed by atoms with van der Waals surface area (Å²) in [4.78, 5) is 21.5. The van der Waals surface area contributed by atoms with Crippen LogP contribution in [0.2, 0.25) is 0 Å². The number of benzene rings is 8. The highest BCUT2D eigenvalue weighted by Gasteiger charge is 2.08. The molecule has 0 saturated heterocycles. The van der Waals surface area contributed by atoms with E-state index in [0.29, 0.717) is 11.1 Å². The molecule has 0 saturated carbocycles. The van der Waals surface area contributed by atoms with Crippen LogP contribution in [0.1, 0.15) is 54.1 Å². The Labute approximate surface area is 416 Å². The minimum absolute atomic E-state index is 0.0612. The van der Waals surface area contributed by atoms with Gasteiger partial charge in [0.1, 0.15) is 12.6 Å². The maximum Gasteiger partial charge on any atom is 0.150 e. The molecule has 4 aromatic heterocycles. The Morgan fingerprint density at radius 3 is 1.19 bits per heavy atom. The molecule has 0 spiro atoms. The van der Waals surface area contributed by atoms with Crippen molar-refractivity contribution in [2.45, 2.75) is 40.9 Å². The standard InChI is InChI=1S/C15H14N2O.C15H12N2O.C15H14N2O.C15H12N2O/c2*1-11-2-5-14(6-3-11)17-9-13-8-12(10-18)4-7-15(13)16-17;2*1-11-2-5-14(6-3-11)17-15-7-4-12(10-18)8-13(15)9-16-17/h2-9,18H,10H2,1H3;2-10H,1H3;2-9,18H,10H2,1H3;2-10H,1H3. The molecule has 0 radical (unpaired) electrons. The number of rotatable bonds is 8. The zero-order chi connectivity index (χ0) is 50.1. The normalized spacial score (nSPS) is 10.9. The number of aldehydes is 2. The van der Waals surface area contributed by atoms with Gasteiger partial charge in [0.15, 0.2) is 0 Å². The second-order valence-electron chi connectivity index (χ2n) is 17.6. The molecule has 0 fully saturated rings.